The lowest BCUT2D eigenvalue weighted by Crippen LogP contribution is -2.44. The summed E-state index contributed by atoms with van der Waals surface area (Å²) in [5, 5.41) is 12.8. The first kappa shape index (κ1) is 18.4. The van der Waals surface area contributed by atoms with E-state index < -0.39 is 0 Å². The molecule has 0 aliphatic rings. The van der Waals surface area contributed by atoms with Crippen molar-refractivity contribution in [1.82, 2.24) is 10.2 Å². The molecule has 1 N–H and O–H groups in total. The maximum absolute atomic E-state index is 9.34. The predicted molar refractivity (Wildman–Crippen MR) is 83.2 cm³/mol. The summed E-state index contributed by atoms with van der Waals surface area (Å²) in [6.45, 7) is 12.7. The zero-order valence-electron chi connectivity index (χ0n) is 13.5. The Hall–Kier alpha value is -0.590. The largest absolute Gasteiger partial charge is 0.303 e. The first-order valence-corrected chi connectivity index (χ1v) is 8.00. The number of hydrogen-bond acceptors (Lipinski definition) is 3. The third kappa shape index (κ3) is 9.02. The Morgan fingerprint density at radius 3 is 2.21 bits per heavy atom. The number of nitriles is 1. The van der Waals surface area contributed by atoms with Gasteiger partial charge in [0.2, 0.25) is 0 Å². The van der Waals surface area contributed by atoms with Crippen molar-refractivity contribution in [3.63, 3.8) is 0 Å². The van der Waals surface area contributed by atoms with Crippen LogP contribution in [0.2, 0.25) is 0 Å². The van der Waals surface area contributed by atoms with Crippen molar-refractivity contribution in [3.05, 3.63) is 0 Å². The van der Waals surface area contributed by atoms with Gasteiger partial charge in [-0.3, -0.25) is 5.32 Å². The molecule has 0 aromatic carbocycles. The molecular formula is C16H33N3. The SMILES string of the molecule is CCCCCCCC(C)(C#N)NCCN(CC)CC. The highest BCUT2D eigenvalue weighted by molar-refractivity contribution is 5.03. The summed E-state index contributed by atoms with van der Waals surface area (Å²) in [5.41, 5.74) is -0.348. The number of rotatable bonds is 12. The molecule has 0 spiro atoms. The Balaban J connectivity index is 3.85. The van der Waals surface area contributed by atoms with Crippen molar-refractivity contribution in [2.45, 2.75) is 71.8 Å². The van der Waals surface area contributed by atoms with Crippen LogP contribution in [-0.4, -0.2) is 36.6 Å². The van der Waals surface area contributed by atoms with E-state index in [1.54, 1.807) is 0 Å². The first-order valence-electron chi connectivity index (χ1n) is 8.00. The zero-order chi connectivity index (χ0) is 14.6. The second kappa shape index (κ2) is 11.3. The molecule has 0 rings (SSSR count). The molecule has 0 fully saturated rings. The topological polar surface area (TPSA) is 39.1 Å². The molecule has 3 heteroatoms. The van der Waals surface area contributed by atoms with Gasteiger partial charge in [-0.05, 0) is 26.4 Å². The van der Waals surface area contributed by atoms with Gasteiger partial charge in [0.25, 0.3) is 0 Å². The van der Waals surface area contributed by atoms with Crippen LogP contribution in [0.15, 0.2) is 0 Å². The van der Waals surface area contributed by atoms with Crippen LogP contribution in [0.25, 0.3) is 0 Å². The normalized spacial score (nSPS) is 14.3. The van der Waals surface area contributed by atoms with Crippen molar-refractivity contribution in [1.29, 1.82) is 5.26 Å². The van der Waals surface area contributed by atoms with E-state index in [4.69, 9.17) is 0 Å². The minimum atomic E-state index is -0.348. The van der Waals surface area contributed by atoms with Crippen molar-refractivity contribution < 1.29 is 0 Å². The van der Waals surface area contributed by atoms with E-state index in [0.29, 0.717) is 0 Å². The molecule has 0 heterocycles. The molecule has 1 atom stereocenters. The van der Waals surface area contributed by atoms with Crippen molar-refractivity contribution in [2.75, 3.05) is 26.2 Å². The van der Waals surface area contributed by atoms with Crippen LogP contribution in [0.4, 0.5) is 0 Å². The summed E-state index contributed by atoms with van der Waals surface area (Å²) in [7, 11) is 0. The predicted octanol–water partition coefficient (Wildman–Crippen LogP) is 3.56. The van der Waals surface area contributed by atoms with Gasteiger partial charge in [-0.25, -0.2) is 0 Å². The summed E-state index contributed by atoms with van der Waals surface area (Å²) in [6, 6.07) is 2.45. The van der Waals surface area contributed by atoms with Gasteiger partial charge in [0.15, 0.2) is 0 Å². The van der Waals surface area contributed by atoms with Gasteiger partial charge in [0.1, 0.15) is 5.54 Å². The fourth-order valence-corrected chi connectivity index (χ4v) is 2.30. The summed E-state index contributed by atoms with van der Waals surface area (Å²) < 4.78 is 0. The maximum Gasteiger partial charge on any atom is 0.103 e. The van der Waals surface area contributed by atoms with E-state index in [0.717, 1.165) is 39.0 Å². The van der Waals surface area contributed by atoms with E-state index in [2.05, 4.69) is 37.1 Å². The Labute approximate surface area is 120 Å². The van der Waals surface area contributed by atoms with Crippen LogP contribution in [-0.2, 0) is 0 Å². The summed E-state index contributed by atoms with van der Waals surface area (Å²) in [6.07, 6.45) is 7.27. The lowest BCUT2D eigenvalue weighted by atomic mass is 9.95. The highest BCUT2D eigenvalue weighted by Crippen LogP contribution is 2.15. The number of likely N-dealkylation sites (N-methyl/N-ethyl adjacent to an activating group) is 1. The van der Waals surface area contributed by atoms with Gasteiger partial charge in [-0.1, -0.05) is 52.9 Å². The van der Waals surface area contributed by atoms with Gasteiger partial charge in [0.05, 0.1) is 6.07 Å². The molecule has 0 aromatic heterocycles. The smallest absolute Gasteiger partial charge is 0.103 e. The Kier molecular flexibility index (Phi) is 10.9. The Bertz CT molecular complexity index is 243. The fourth-order valence-electron chi connectivity index (χ4n) is 2.30. The fraction of sp³-hybridized carbons (Fsp3) is 0.938. The molecule has 0 bridgehead atoms. The van der Waals surface area contributed by atoms with E-state index >= 15 is 0 Å². The molecule has 0 aromatic rings. The minimum absolute atomic E-state index is 0.348. The molecule has 0 amide bonds. The van der Waals surface area contributed by atoms with Crippen molar-refractivity contribution in [2.24, 2.45) is 0 Å². The highest BCUT2D eigenvalue weighted by Gasteiger charge is 2.22. The van der Waals surface area contributed by atoms with E-state index in [1.165, 1.54) is 25.7 Å². The van der Waals surface area contributed by atoms with Crippen LogP contribution in [0.1, 0.15) is 66.2 Å². The van der Waals surface area contributed by atoms with Gasteiger partial charge in [0, 0.05) is 13.1 Å². The van der Waals surface area contributed by atoms with Gasteiger partial charge >= 0.3 is 0 Å². The Morgan fingerprint density at radius 1 is 1.05 bits per heavy atom. The third-order valence-corrected chi connectivity index (χ3v) is 3.86. The molecular weight excluding hydrogens is 234 g/mol. The van der Waals surface area contributed by atoms with E-state index in [9.17, 15) is 5.26 Å². The molecule has 0 saturated heterocycles. The van der Waals surface area contributed by atoms with Crippen LogP contribution in [0.5, 0.6) is 0 Å². The maximum atomic E-state index is 9.34. The van der Waals surface area contributed by atoms with E-state index in [1.807, 2.05) is 6.92 Å². The third-order valence-electron chi connectivity index (χ3n) is 3.86. The van der Waals surface area contributed by atoms with Crippen LogP contribution >= 0.6 is 0 Å². The van der Waals surface area contributed by atoms with Gasteiger partial charge < -0.3 is 4.90 Å². The molecule has 19 heavy (non-hydrogen) atoms. The van der Waals surface area contributed by atoms with Gasteiger partial charge in [-0.2, -0.15) is 5.26 Å². The number of unbranched alkanes of at least 4 members (excludes halogenated alkanes) is 4. The molecule has 112 valence electrons. The molecule has 1 unspecified atom stereocenters. The minimum Gasteiger partial charge on any atom is -0.303 e. The highest BCUT2D eigenvalue weighted by atomic mass is 15.1. The summed E-state index contributed by atoms with van der Waals surface area (Å²) in [5.74, 6) is 0. The summed E-state index contributed by atoms with van der Waals surface area (Å²) >= 11 is 0. The number of nitrogens with one attached hydrogen (secondary N) is 1. The molecule has 0 aliphatic heterocycles. The average molecular weight is 267 g/mol. The van der Waals surface area contributed by atoms with Crippen molar-refractivity contribution in [3.8, 4) is 6.07 Å². The monoisotopic (exact) mass is 267 g/mol. The quantitative estimate of drug-likeness (QED) is 0.550. The average Bonchev–Trinajstić information content (AvgIpc) is 2.43. The lowest BCUT2D eigenvalue weighted by Gasteiger charge is -2.26. The standard InChI is InChI=1S/C16H33N3/c1-5-8-9-10-11-12-16(4,15-17)18-13-14-19(6-2)7-3/h18H,5-14H2,1-4H3. The molecule has 0 saturated carbocycles. The summed E-state index contributed by atoms with van der Waals surface area (Å²) in [4.78, 5) is 2.38. The van der Waals surface area contributed by atoms with Crippen LogP contribution in [0, 0.1) is 11.3 Å². The number of hydrogen-bond donors (Lipinski definition) is 1. The van der Waals surface area contributed by atoms with Crippen molar-refractivity contribution >= 4 is 0 Å². The second-order valence-electron chi connectivity index (χ2n) is 5.56. The number of nitrogens with zero attached hydrogens (tertiary/aromatic N) is 2. The molecule has 3 nitrogen and oxygen atoms in total. The Morgan fingerprint density at radius 2 is 1.68 bits per heavy atom. The molecule has 0 radical (unpaired) electrons. The van der Waals surface area contributed by atoms with Crippen LogP contribution in [0.3, 0.4) is 0 Å². The molecule has 0 aliphatic carbocycles. The second-order valence-corrected chi connectivity index (χ2v) is 5.56. The van der Waals surface area contributed by atoms with Gasteiger partial charge in [-0.15, -0.1) is 0 Å². The van der Waals surface area contributed by atoms with Crippen LogP contribution < -0.4 is 5.32 Å². The first-order chi connectivity index (χ1) is 9.11. The lowest BCUT2D eigenvalue weighted by molar-refractivity contribution is 0.284. The zero-order valence-corrected chi connectivity index (χ0v) is 13.5. The van der Waals surface area contributed by atoms with E-state index in [-0.39, 0.29) is 5.54 Å².